The van der Waals surface area contributed by atoms with Gasteiger partial charge >= 0.3 is 0 Å². The maximum absolute atomic E-state index is 9.26. The van der Waals surface area contributed by atoms with Crippen molar-refractivity contribution in [2.45, 2.75) is 24.7 Å². The lowest BCUT2D eigenvalue weighted by Gasteiger charge is -2.13. The molecule has 1 rings (SSSR count). The van der Waals surface area contributed by atoms with Gasteiger partial charge in [0.05, 0.1) is 18.2 Å². The van der Waals surface area contributed by atoms with Crippen LogP contribution in [0.1, 0.15) is 6.42 Å². The standard InChI is InChI=1S/C6H11N3O3/c7-9-8-4-1-3(2-10)5(11)6(4)12/h3-6,10-12H,1-2H2. The highest BCUT2D eigenvalue weighted by Crippen LogP contribution is 2.28. The van der Waals surface area contributed by atoms with Crippen molar-refractivity contribution in [3.05, 3.63) is 10.4 Å². The Morgan fingerprint density at radius 3 is 2.50 bits per heavy atom. The minimum atomic E-state index is -1.04. The molecule has 0 radical (unpaired) electrons. The second-order valence-corrected chi connectivity index (χ2v) is 2.93. The molecule has 0 aromatic carbocycles. The smallest absolute Gasteiger partial charge is 0.0887 e. The van der Waals surface area contributed by atoms with Gasteiger partial charge in [0.2, 0.25) is 0 Å². The molecule has 0 aliphatic heterocycles. The lowest BCUT2D eigenvalue weighted by atomic mass is 10.1. The Bertz CT molecular complexity index is 204. The van der Waals surface area contributed by atoms with Crippen LogP contribution in [-0.2, 0) is 0 Å². The fourth-order valence-electron chi connectivity index (χ4n) is 1.46. The lowest BCUT2D eigenvalue weighted by Crippen LogP contribution is -2.30. The summed E-state index contributed by atoms with van der Waals surface area (Å²) < 4.78 is 0. The van der Waals surface area contributed by atoms with E-state index >= 15 is 0 Å². The van der Waals surface area contributed by atoms with Crippen molar-refractivity contribution in [3.8, 4) is 0 Å². The van der Waals surface area contributed by atoms with Crippen molar-refractivity contribution in [1.82, 2.24) is 0 Å². The molecule has 6 nitrogen and oxygen atoms in total. The zero-order valence-electron chi connectivity index (χ0n) is 6.41. The Balaban J connectivity index is 2.66. The summed E-state index contributed by atoms with van der Waals surface area (Å²) in [6.07, 6.45) is -1.69. The third-order valence-electron chi connectivity index (χ3n) is 2.21. The normalized spacial score (nSPS) is 40.9. The Labute approximate surface area is 69.1 Å². The van der Waals surface area contributed by atoms with Crippen molar-refractivity contribution in [3.63, 3.8) is 0 Å². The van der Waals surface area contributed by atoms with Gasteiger partial charge in [-0.25, -0.2) is 0 Å². The van der Waals surface area contributed by atoms with E-state index < -0.39 is 18.2 Å². The highest BCUT2D eigenvalue weighted by atomic mass is 16.3. The van der Waals surface area contributed by atoms with Crippen LogP contribution < -0.4 is 0 Å². The van der Waals surface area contributed by atoms with E-state index in [0.29, 0.717) is 6.42 Å². The first-order valence-electron chi connectivity index (χ1n) is 3.72. The van der Waals surface area contributed by atoms with Crippen molar-refractivity contribution >= 4 is 0 Å². The van der Waals surface area contributed by atoms with Crippen LogP contribution in [0.3, 0.4) is 0 Å². The minimum absolute atomic E-state index is 0.199. The highest BCUT2D eigenvalue weighted by molar-refractivity contribution is 4.95. The predicted octanol–water partition coefficient (Wildman–Crippen LogP) is -0.601. The van der Waals surface area contributed by atoms with Crippen LogP contribution in [0.2, 0.25) is 0 Å². The summed E-state index contributed by atoms with van der Waals surface area (Å²) in [5.74, 6) is -0.379. The molecule has 0 bridgehead atoms. The van der Waals surface area contributed by atoms with Gasteiger partial charge in [-0.1, -0.05) is 5.11 Å². The molecule has 1 fully saturated rings. The van der Waals surface area contributed by atoms with Crippen LogP contribution in [0.5, 0.6) is 0 Å². The van der Waals surface area contributed by atoms with Crippen LogP contribution in [0.4, 0.5) is 0 Å². The first kappa shape index (κ1) is 9.28. The van der Waals surface area contributed by atoms with Gasteiger partial charge < -0.3 is 15.3 Å². The Kier molecular flexibility index (Phi) is 2.88. The highest BCUT2D eigenvalue weighted by Gasteiger charge is 2.40. The monoisotopic (exact) mass is 173 g/mol. The quantitative estimate of drug-likeness (QED) is 0.294. The molecule has 0 spiro atoms. The fraction of sp³-hybridized carbons (Fsp3) is 1.00. The molecule has 1 aliphatic rings. The zero-order chi connectivity index (χ0) is 9.14. The Hall–Kier alpha value is -0.810. The maximum atomic E-state index is 9.26. The maximum Gasteiger partial charge on any atom is 0.0887 e. The molecule has 4 atom stereocenters. The number of aliphatic hydroxyl groups excluding tert-OH is 3. The van der Waals surface area contributed by atoms with Gasteiger partial charge in [0.25, 0.3) is 0 Å². The molecule has 1 aliphatic carbocycles. The first-order valence-corrected chi connectivity index (χ1v) is 3.72. The summed E-state index contributed by atoms with van der Waals surface area (Å²) in [7, 11) is 0. The molecule has 0 saturated heterocycles. The van der Waals surface area contributed by atoms with Crippen molar-refractivity contribution < 1.29 is 15.3 Å². The SMILES string of the molecule is [N-]=[N+]=NC1CC(CO)C(O)C1O. The van der Waals surface area contributed by atoms with E-state index in [-0.39, 0.29) is 12.5 Å². The topological polar surface area (TPSA) is 109 Å². The third-order valence-corrected chi connectivity index (χ3v) is 2.21. The molecule has 6 heteroatoms. The lowest BCUT2D eigenvalue weighted by molar-refractivity contribution is 0.00304. The number of hydrogen-bond donors (Lipinski definition) is 3. The molecule has 0 amide bonds. The minimum Gasteiger partial charge on any atom is -0.396 e. The average molecular weight is 173 g/mol. The van der Waals surface area contributed by atoms with E-state index in [1.807, 2.05) is 0 Å². The van der Waals surface area contributed by atoms with Gasteiger partial charge in [-0.15, -0.1) is 0 Å². The molecular formula is C6H11N3O3. The predicted molar refractivity (Wildman–Crippen MR) is 40.1 cm³/mol. The van der Waals surface area contributed by atoms with Crippen LogP contribution >= 0.6 is 0 Å². The number of nitrogens with zero attached hydrogens (tertiary/aromatic N) is 3. The van der Waals surface area contributed by atoms with E-state index in [0.717, 1.165) is 0 Å². The van der Waals surface area contributed by atoms with Gasteiger partial charge in [-0.05, 0) is 12.0 Å². The van der Waals surface area contributed by atoms with E-state index in [1.165, 1.54) is 0 Å². The molecule has 3 N–H and O–H groups in total. The second kappa shape index (κ2) is 3.73. The third kappa shape index (κ3) is 1.51. The summed E-state index contributed by atoms with van der Waals surface area (Å²) in [5.41, 5.74) is 8.09. The summed E-state index contributed by atoms with van der Waals surface area (Å²) >= 11 is 0. The van der Waals surface area contributed by atoms with Crippen molar-refractivity contribution in [1.29, 1.82) is 0 Å². The van der Waals surface area contributed by atoms with Gasteiger partial charge in [0.15, 0.2) is 0 Å². The Morgan fingerprint density at radius 2 is 2.08 bits per heavy atom. The second-order valence-electron chi connectivity index (χ2n) is 2.93. The first-order chi connectivity index (χ1) is 5.70. The molecule has 1 saturated carbocycles. The number of hydrogen-bond acceptors (Lipinski definition) is 4. The summed E-state index contributed by atoms with van der Waals surface area (Å²) in [6.45, 7) is -0.199. The fourth-order valence-corrected chi connectivity index (χ4v) is 1.46. The van der Waals surface area contributed by atoms with E-state index in [9.17, 15) is 10.2 Å². The van der Waals surface area contributed by atoms with Crippen LogP contribution in [0, 0.1) is 5.92 Å². The van der Waals surface area contributed by atoms with Gasteiger partial charge in [0, 0.05) is 17.4 Å². The average Bonchev–Trinajstić information content (AvgIpc) is 2.33. The Morgan fingerprint density at radius 1 is 1.42 bits per heavy atom. The van der Waals surface area contributed by atoms with Gasteiger partial charge in [-0.3, -0.25) is 0 Å². The van der Waals surface area contributed by atoms with Crippen LogP contribution in [-0.4, -0.2) is 40.2 Å². The largest absolute Gasteiger partial charge is 0.396 e. The van der Waals surface area contributed by atoms with Crippen molar-refractivity contribution in [2.75, 3.05) is 6.61 Å². The van der Waals surface area contributed by atoms with Gasteiger partial charge in [0.1, 0.15) is 0 Å². The molecule has 4 unspecified atom stereocenters. The van der Waals surface area contributed by atoms with Crippen LogP contribution in [0.15, 0.2) is 5.11 Å². The molecule has 12 heavy (non-hydrogen) atoms. The number of rotatable bonds is 2. The molecule has 0 heterocycles. The summed E-state index contributed by atoms with van der Waals surface area (Å²) in [6, 6.07) is -0.609. The van der Waals surface area contributed by atoms with Crippen molar-refractivity contribution in [2.24, 2.45) is 11.0 Å². The number of azide groups is 1. The molecule has 68 valence electrons. The number of aliphatic hydroxyl groups is 3. The van der Waals surface area contributed by atoms with E-state index in [4.69, 9.17) is 10.6 Å². The van der Waals surface area contributed by atoms with Crippen LogP contribution in [0.25, 0.3) is 10.4 Å². The summed E-state index contributed by atoms with van der Waals surface area (Å²) in [4.78, 5) is 2.54. The molecule has 0 aromatic heterocycles. The van der Waals surface area contributed by atoms with E-state index in [2.05, 4.69) is 10.0 Å². The van der Waals surface area contributed by atoms with Gasteiger partial charge in [-0.2, -0.15) is 0 Å². The van der Waals surface area contributed by atoms with E-state index in [1.54, 1.807) is 0 Å². The molecular weight excluding hydrogens is 162 g/mol. The zero-order valence-corrected chi connectivity index (χ0v) is 6.41. The summed E-state index contributed by atoms with van der Waals surface area (Å²) in [5, 5.41) is 30.6. The molecule has 0 aromatic rings.